The van der Waals surface area contributed by atoms with E-state index in [4.69, 9.17) is 0 Å². The highest BCUT2D eigenvalue weighted by Crippen LogP contribution is 2.18. The Labute approximate surface area is 100 Å². The van der Waals surface area contributed by atoms with Gasteiger partial charge >= 0.3 is 5.97 Å². The molecule has 6 heteroatoms. The molecule has 0 radical (unpaired) electrons. The van der Waals surface area contributed by atoms with Gasteiger partial charge in [0.15, 0.2) is 0 Å². The Kier molecular flexibility index (Phi) is 4.22. The van der Waals surface area contributed by atoms with Crippen molar-refractivity contribution in [2.75, 3.05) is 20.2 Å². The molecule has 0 aromatic carbocycles. The lowest BCUT2D eigenvalue weighted by Crippen LogP contribution is -2.64. The van der Waals surface area contributed by atoms with Crippen molar-refractivity contribution in [3.05, 3.63) is 0 Å². The Morgan fingerprint density at radius 1 is 1.47 bits per heavy atom. The SMILES string of the molecule is COC(=O)CCCN1CC(=O)NC(=O)C1(C)C. The lowest BCUT2D eigenvalue weighted by atomic mass is 9.98. The van der Waals surface area contributed by atoms with E-state index in [1.807, 2.05) is 0 Å². The van der Waals surface area contributed by atoms with Crippen molar-refractivity contribution in [2.45, 2.75) is 32.2 Å². The zero-order chi connectivity index (χ0) is 13.1. The molecular weight excluding hydrogens is 224 g/mol. The number of carbonyl (C=O) groups excluding carboxylic acids is 3. The normalized spacial score (nSPS) is 19.9. The third-order valence-electron chi connectivity index (χ3n) is 2.97. The van der Waals surface area contributed by atoms with Crippen LogP contribution in [-0.4, -0.2) is 48.4 Å². The van der Waals surface area contributed by atoms with E-state index in [0.717, 1.165) is 0 Å². The predicted octanol–water partition coefficient (Wildman–Crippen LogP) is -0.323. The van der Waals surface area contributed by atoms with Crippen LogP contribution in [0.3, 0.4) is 0 Å². The number of hydrogen-bond acceptors (Lipinski definition) is 5. The Balaban J connectivity index is 2.53. The van der Waals surface area contributed by atoms with Gasteiger partial charge in [0.05, 0.1) is 19.2 Å². The molecule has 0 spiro atoms. The van der Waals surface area contributed by atoms with Gasteiger partial charge in [0.25, 0.3) is 0 Å². The van der Waals surface area contributed by atoms with Crippen LogP contribution in [0.4, 0.5) is 0 Å². The summed E-state index contributed by atoms with van der Waals surface area (Å²) in [6, 6.07) is 0. The van der Waals surface area contributed by atoms with Crippen molar-refractivity contribution >= 4 is 17.8 Å². The largest absolute Gasteiger partial charge is 0.469 e. The number of carbonyl (C=O) groups is 3. The quantitative estimate of drug-likeness (QED) is 0.540. The Morgan fingerprint density at radius 2 is 2.12 bits per heavy atom. The Morgan fingerprint density at radius 3 is 2.71 bits per heavy atom. The van der Waals surface area contributed by atoms with Gasteiger partial charge in [0.1, 0.15) is 0 Å². The summed E-state index contributed by atoms with van der Waals surface area (Å²) in [5.74, 6) is -0.880. The van der Waals surface area contributed by atoms with Crippen LogP contribution >= 0.6 is 0 Å². The molecular formula is C11H18N2O4. The number of rotatable bonds is 4. The van der Waals surface area contributed by atoms with E-state index in [-0.39, 0.29) is 24.3 Å². The molecule has 0 aromatic rings. The summed E-state index contributed by atoms with van der Waals surface area (Å²) in [5, 5.41) is 2.30. The van der Waals surface area contributed by atoms with Gasteiger partial charge < -0.3 is 4.74 Å². The molecule has 1 aliphatic rings. The van der Waals surface area contributed by atoms with Crippen LogP contribution in [0.15, 0.2) is 0 Å². The van der Waals surface area contributed by atoms with E-state index in [1.165, 1.54) is 7.11 Å². The summed E-state index contributed by atoms with van der Waals surface area (Å²) in [7, 11) is 1.34. The maximum absolute atomic E-state index is 11.6. The summed E-state index contributed by atoms with van der Waals surface area (Å²) >= 11 is 0. The third-order valence-corrected chi connectivity index (χ3v) is 2.97. The van der Waals surface area contributed by atoms with Crippen LogP contribution in [0, 0.1) is 0 Å². The highest BCUT2D eigenvalue weighted by molar-refractivity contribution is 6.02. The van der Waals surface area contributed by atoms with E-state index in [0.29, 0.717) is 19.4 Å². The second-order valence-electron chi connectivity index (χ2n) is 4.54. The molecule has 1 aliphatic heterocycles. The highest BCUT2D eigenvalue weighted by atomic mass is 16.5. The number of hydrogen-bond donors (Lipinski definition) is 1. The zero-order valence-corrected chi connectivity index (χ0v) is 10.4. The molecule has 1 N–H and O–H groups in total. The minimum Gasteiger partial charge on any atom is -0.469 e. The topological polar surface area (TPSA) is 75.7 Å². The molecule has 0 unspecified atom stereocenters. The molecule has 0 saturated carbocycles. The fourth-order valence-corrected chi connectivity index (χ4v) is 1.71. The van der Waals surface area contributed by atoms with Crippen LogP contribution in [0.5, 0.6) is 0 Å². The minimum atomic E-state index is -0.718. The molecule has 2 amide bonds. The van der Waals surface area contributed by atoms with E-state index >= 15 is 0 Å². The van der Waals surface area contributed by atoms with E-state index < -0.39 is 5.54 Å². The molecule has 0 atom stereocenters. The molecule has 1 fully saturated rings. The summed E-state index contributed by atoms with van der Waals surface area (Å²) in [5.41, 5.74) is -0.718. The molecule has 96 valence electrons. The highest BCUT2D eigenvalue weighted by Gasteiger charge is 2.40. The smallest absolute Gasteiger partial charge is 0.305 e. The number of ether oxygens (including phenoxy) is 1. The maximum atomic E-state index is 11.6. The molecule has 0 bridgehead atoms. The van der Waals surface area contributed by atoms with Gasteiger partial charge in [-0.3, -0.25) is 24.6 Å². The van der Waals surface area contributed by atoms with Gasteiger partial charge in [-0.05, 0) is 20.3 Å². The first kappa shape index (κ1) is 13.6. The van der Waals surface area contributed by atoms with Crippen molar-refractivity contribution < 1.29 is 19.1 Å². The maximum Gasteiger partial charge on any atom is 0.305 e. The predicted molar refractivity (Wildman–Crippen MR) is 60.1 cm³/mol. The molecule has 0 aliphatic carbocycles. The minimum absolute atomic E-state index is 0.180. The van der Waals surface area contributed by atoms with Crippen molar-refractivity contribution in [3.8, 4) is 0 Å². The van der Waals surface area contributed by atoms with Crippen LogP contribution in [-0.2, 0) is 19.1 Å². The van der Waals surface area contributed by atoms with Gasteiger partial charge in [-0.1, -0.05) is 0 Å². The summed E-state index contributed by atoms with van der Waals surface area (Å²) in [6.45, 7) is 4.21. The molecule has 6 nitrogen and oxygen atoms in total. The van der Waals surface area contributed by atoms with Crippen LogP contribution < -0.4 is 5.32 Å². The number of nitrogens with one attached hydrogen (secondary N) is 1. The molecule has 1 heterocycles. The number of methoxy groups -OCH3 is 1. The average Bonchev–Trinajstić information content (AvgIpc) is 2.25. The fourth-order valence-electron chi connectivity index (χ4n) is 1.71. The summed E-state index contributed by atoms with van der Waals surface area (Å²) in [6.07, 6.45) is 0.857. The number of nitrogens with zero attached hydrogens (tertiary/aromatic N) is 1. The van der Waals surface area contributed by atoms with Gasteiger partial charge in [0, 0.05) is 13.0 Å². The third kappa shape index (κ3) is 3.26. The fraction of sp³-hybridized carbons (Fsp3) is 0.727. The summed E-state index contributed by atoms with van der Waals surface area (Å²) < 4.78 is 4.53. The van der Waals surface area contributed by atoms with E-state index in [9.17, 15) is 14.4 Å². The number of esters is 1. The van der Waals surface area contributed by atoms with E-state index in [1.54, 1.807) is 18.7 Å². The zero-order valence-electron chi connectivity index (χ0n) is 10.4. The van der Waals surface area contributed by atoms with Crippen molar-refractivity contribution in [3.63, 3.8) is 0 Å². The lowest BCUT2D eigenvalue weighted by Gasteiger charge is -2.40. The van der Waals surface area contributed by atoms with Crippen molar-refractivity contribution in [2.24, 2.45) is 0 Å². The van der Waals surface area contributed by atoms with Crippen molar-refractivity contribution in [1.29, 1.82) is 0 Å². The second-order valence-corrected chi connectivity index (χ2v) is 4.54. The lowest BCUT2D eigenvalue weighted by molar-refractivity contribution is -0.145. The first-order valence-corrected chi connectivity index (χ1v) is 5.54. The monoisotopic (exact) mass is 242 g/mol. The first-order chi connectivity index (χ1) is 7.87. The Hall–Kier alpha value is -1.43. The molecule has 17 heavy (non-hydrogen) atoms. The van der Waals surface area contributed by atoms with Gasteiger partial charge in [-0.25, -0.2) is 0 Å². The summed E-state index contributed by atoms with van der Waals surface area (Å²) in [4.78, 5) is 35.6. The number of piperazine rings is 1. The number of imide groups is 1. The van der Waals surface area contributed by atoms with Gasteiger partial charge in [0.2, 0.25) is 11.8 Å². The van der Waals surface area contributed by atoms with Gasteiger partial charge in [-0.15, -0.1) is 0 Å². The van der Waals surface area contributed by atoms with Gasteiger partial charge in [-0.2, -0.15) is 0 Å². The number of amides is 2. The first-order valence-electron chi connectivity index (χ1n) is 5.54. The van der Waals surface area contributed by atoms with E-state index in [2.05, 4.69) is 10.1 Å². The van der Waals surface area contributed by atoms with Crippen LogP contribution in [0.1, 0.15) is 26.7 Å². The van der Waals surface area contributed by atoms with Crippen molar-refractivity contribution in [1.82, 2.24) is 10.2 Å². The Bertz CT molecular complexity index is 338. The molecule has 1 rings (SSSR count). The molecule has 1 saturated heterocycles. The standard InChI is InChI=1S/C11H18N2O4/c1-11(2)10(16)12-8(14)7-13(11)6-4-5-9(15)17-3/h4-7H2,1-3H3,(H,12,14,16). The molecule has 0 aromatic heterocycles. The average molecular weight is 242 g/mol. The second kappa shape index (κ2) is 5.27. The van der Waals surface area contributed by atoms with Crippen LogP contribution in [0.2, 0.25) is 0 Å². The van der Waals surface area contributed by atoms with Crippen LogP contribution in [0.25, 0.3) is 0 Å².